The fraction of sp³-hybridized carbons (Fsp3) is 0.929. The van der Waals surface area contributed by atoms with Crippen molar-refractivity contribution in [2.24, 2.45) is 5.92 Å². The molecule has 0 unspecified atom stereocenters. The number of ether oxygens (including phenoxy) is 1. The second-order valence-electron chi connectivity index (χ2n) is 6.21. The molecule has 3 fully saturated rings. The zero-order valence-corrected chi connectivity index (χ0v) is 11.9. The molecule has 5 nitrogen and oxygen atoms in total. The molecule has 5 heteroatoms. The van der Waals surface area contributed by atoms with Gasteiger partial charge in [-0.3, -0.25) is 0 Å². The lowest BCUT2D eigenvalue weighted by Crippen LogP contribution is -2.51. The van der Waals surface area contributed by atoms with Crippen molar-refractivity contribution in [2.45, 2.75) is 25.4 Å². The summed E-state index contributed by atoms with van der Waals surface area (Å²) in [5.41, 5.74) is 0. The molecule has 108 valence electrons. The van der Waals surface area contributed by atoms with E-state index in [0.29, 0.717) is 0 Å². The van der Waals surface area contributed by atoms with Crippen molar-refractivity contribution in [3.8, 4) is 0 Å². The van der Waals surface area contributed by atoms with Gasteiger partial charge in [-0.15, -0.1) is 0 Å². The minimum Gasteiger partial charge on any atom is -0.376 e. The summed E-state index contributed by atoms with van der Waals surface area (Å²) in [6, 6.07) is 0.214. The number of carbonyl (C=O) groups is 1. The molecule has 3 aliphatic rings. The number of amides is 2. The first-order chi connectivity index (χ1) is 9.22. The molecule has 1 aliphatic carbocycles. The topological polar surface area (TPSA) is 36.0 Å². The maximum atomic E-state index is 12.4. The molecule has 0 aromatic rings. The van der Waals surface area contributed by atoms with Crippen LogP contribution in [0, 0.1) is 5.92 Å². The van der Waals surface area contributed by atoms with E-state index >= 15 is 0 Å². The molecule has 0 N–H and O–H groups in total. The Morgan fingerprint density at radius 1 is 1.05 bits per heavy atom. The van der Waals surface area contributed by atoms with Crippen molar-refractivity contribution >= 4 is 6.03 Å². The van der Waals surface area contributed by atoms with Crippen LogP contribution in [0.1, 0.15) is 19.3 Å². The summed E-state index contributed by atoms with van der Waals surface area (Å²) >= 11 is 0. The summed E-state index contributed by atoms with van der Waals surface area (Å²) in [4.78, 5) is 18.6. The molecule has 19 heavy (non-hydrogen) atoms. The van der Waals surface area contributed by atoms with Crippen LogP contribution in [0.3, 0.4) is 0 Å². The Morgan fingerprint density at radius 3 is 2.47 bits per heavy atom. The minimum absolute atomic E-state index is 0.214. The summed E-state index contributed by atoms with van der Waals surface area (Å²) in [7, 11) is 2.11. The normalized spacial score (nSPS) is 29.0. The molecule has 0 bridgehead atoms. The van der Waals surface area contributed by atoms with Crippen LogP contribution in [0.2, 0.25) is 0 Å². The number of piperazine rings is 1. The summed E-state index contributed by atoms with van der Waals surface area (Å²) in [5, 5.41) is 0. The van der Waals surface area contributed by atoms with Gasteiger partial charge in [0.05, 0.1) is 6.10 Å². The van der Waals surface area contributed by atoms with Gasteiger partial charge in [-0.2, -0.15) is 0 Å². The molecule has 0 aromatic heterocycles. The Morgan fingerprint density at radius 2 is 1.79 bits per heavy atom. The molecule has 1 saturated carbocycles. The van der Waals surface area contributed by atoms with Gasteiger partial charge in [0.1, 0.15) is 0 Å². The van der Waals surface area contributed by atoms with Gasteiger partial charge < -0.3 is 19.4 Å². The van der Waals surface area contributed by atoms with Crippen molar-refractivity contribution in [3.05, 3.63) is 0 Å². The van der Waals surface area contributed by atoms with Crippen LogP contribution in [0.15, 0.2) is 0 Å². The zero-order chi connectivity index (χ0) is 13.2. The Balaban J connectivity index is 1.42. The molecule has 1 atom stereocenters. The van der Waals surface area contributed by atoms with E-state index in [2.05, 4.69) is 11.9 Å². The molecule has 0 aromatic carbocycles. The van der Waals surface area contributed by atoms with E-state index in [1.54, 1.807) is 0 Å². The number of carbonyl (C=O) groups excluding carboxylic acids is 1. The monoisotopic (exact) mass is 267 g/mol. The highest BCUT2D eigenvalue weighted by Gasteiger charge is 2.32. The van der Waals surface area contributed by atoms with Crippen molar-refractivity contribution in [1.82, 2.24) is 14.7 Å². The third kappa shape index (κ3) is 3.39. The standard InChI is InChI=1S/C14H25N3O2/c1-15-6-8-16(9-7-15)14(18)17-5-4-13(10-17)19-11-12-2-3-12/h12-13H,2-11H2,1H3/t13-/m0/s1. The van der Waals surface area contributed by atoms with Gasteiger partial charge in [0.2, 0.25) is 0 Å². The molecule has 2 aliphatic heterocycles. The van der Waals surface area contributed by atoms with Gasteiger partial charge in [-0.05, 0) is 32.2 Å². The van der Waals surface area contributed by atoms with E-state index in [4.69, 9.17) is 4.74 Å². The Labute approximate surface area is 115 Å². The minimum atomic E-state index is 0.214. The fourth-order valence-corrected chi connectivity index (χ4v) is 2.79. The van der Waals surface area contributed by atoms with Crippen LogP contribution in [0.25, 0.3) is 0 Å². The van der Waals surface area contributed by atoms with Crippen molar-refractivity contribution in [1.29, 1.82) is 0 Å². The number of rotatable bonds is 3. The van der Waals surface area contributed by atoms with Crippen LogP contribution >= 0.6 is 0 Å². The lowest BCUT2D eigenvalue weighted by atomic mass is 10.3. The average Bonchev–Trinajstić information content (AvgIpc) is 3.13. The summed E-state index contributed by atoms with van der Waals surface area (Å²) < 4.78 is 5.89. The smallest absolute Gasteiger partial charge is 0.320 e. The highest BCUT2D eigenvalue weighted by molar-refractivity contribution is 5.75. The first-order valence-corrected chi connectivity index (χ1v) is 7.56. The van der Waals surface area contributed by atoms with Crippen LogP contribution in [0.5, 0.6) is 0 Å². The van der Waals surface area contributed by atoms with E-state index in [9.17, 15) is 4.79 Å². The van der Waals surface area contributed by atoms with Crippen LogP contribution in [-0.4, -0.2) is 79.8 Å². The number of urea groups is 1. The molecule has 3 rings (SSSR count). The van der Waals surface area contributed by atoms with Gasteiger partial charge in [-0.1, -0.05) is 0 Å². The van der Waals surface area contributed by atoms with Crippen molar-refractivity contribution in [3.63, 3.8) is 0 Å². The van der Waals surface area contributed by atoms with Crippen molar-refractivity contribution in [2.75, 3.05) is 52.9 Å². The molecular weight excluding hydrogens is 242 g/mol. The molecular formula is C14H25N3O2. The zero-order valence-electron chi connectivity index (χ0n) is 11.9. The predicted octanol–water partition coefficient (Wildman–Crippen LogP) is 0.855. The molecule has 0 spiro atoms. The van der Waals surface area contributed by atoms with E-state index < -0.39 is 0 Å². The highest BCUT2D eigenvalue weighted by atomic mass is 16.5. The maximum Gasteiger partial charge on any atom is 0.320 e. The summed E-state index contributed by atoms with van der Waals surface area (Å²) in [5.74, 6) is 0.808. The fourth-order valence-electron chi connectivity index (χ4n) is 2.79. The number of nitrogens with zero attached hydrogens (tertiary/aromatic N) is 3. The third-order valence-corrected chi connectivity index (χ3v) is 4.45. The lowest BCUT2D eigenvalue weighted by molar-refractivity contribution is 0.0514. The van der Waals surface area contributed by atoms with Crippen LogP contribution < -0.4 is 0 Å². The lowest BCUT2D eigenvalue weighted by Gasteiger charge is -2.34. The quantitative estimate of drug-likeness (QED) is 0.761. The maximum absolute atomic E-state index is 12.4. The Hall–Kier alpha value is -0.810. The second kappa shape index (κ2) is 5.67. The van der Waals surface area contributed by atoms with Crippen LogP contribution in [-0.2, 0) is 4.74 Å². The van der Waals surface area contributed by atoms with Crippen LogP contribution in [0.4, 0.5) is 4.79 Å². The van der Waals surface area contributed by atoms with Gasteiger partial charge in [-0.25, -0.2) is 4.79 Å². The van der Waals surface area contributed by atoms with E-state index in [1.807, 2.05) is 9.80 Å². The number of likely N-dealkylation sites (N-methyl/N-ethyl adjacent to an activating group) is 1. The van der Waals surface area contributed by atoms with Gasteiger partial charge in [0.25, 0.3) is 0 Å². The van der Waals surface area contributed by atoms with E-state index in [-0.39, 0.29) is 12.1 Å². The van der Waals surface area contributed by atoms with Gasteiger partial charge >= 0.3 is 6.03 Å². The first-order valence-electron chi connectivity index (χ1n) is 7.56. The highest BCUT2D eigenvalue weighted by Crippen LogP contribution is 2.30. The molecule has 2 saturated heterocycles. The van der Waals surface area contributed by atoms with E-state index in [1.165, 1.54) is 12.8 Å². The summed E-state index contributed by atoms with van der Waals surface area (Å²) in [6.45, 7) is 6.25. The third-order valence-electron chi connectivity index (χ3n) is 4.45. The summed E-state index contributed by atoms with van der Waals surface area (Å²) in [6.07, 6.45) is 3.94. The molecule has 0 radical (unpaired) electrons. The predicted molar refractivity (Wildman–Crippen MR) is 73.1 cm³/mol. The number of hydrogen-bond acceptors (Lipinski definition) is 3. The SMILES string of the molecule is CN1CCN(C(=O)N2CC[C@H](OCC3CC3)C2)CC1. The van der Waals surface area contributed by atoms with Gasteiger partial charge in [0, 0.05) is 45.9 Å². The Kier molecular flexibility index (Phi) is 3.93. The Bertz CT molecular complexity index is 325. The number of hydrogen-bond donors (Lipinski definition) is 0. The number of likely N-dealkylation sites (tertiary alicyclic amines) is 1. The molecule has 2 amide bonds. The van der Waals surface area contributed by atoms with Gasteiger partial charge in [0.15, 0.2) is 0 Å². The first kappa shape index (κ1) is 13.2. The van der Waals surface area contributed by atoms with Crippen molar-refractivity contribution < 1.29 is 9.53 Å². The second-order valence-corrected chi connectivity index (χ2v) is 6.21. The largest absolute Gasteiger partial charge is 0.376 e. The molecule has 2 heterocycles. The van der Waals surface area contributed by atoms with E-state index in [0.717, 1.165) is 58.2 Å². The average molecular weight is 267 g/mol.